The third-order valence-electron chi connectivity index (χ3n) is 5.90. The fourth-order valence-electron chi connectivity index (χ4n) is 3.75. The normalized spacial score (nSPS) is 16.9. The van der Waals surface area contributed by atoms with Crippen molar-refractivity contribution in [3.63, 3.8) is 0 Å². The number of aryl methyl sites for hydroxylation is 2. The summed E-state index contributed by atoms with van der Waals surface area (Å²) in [5, 5.41) is 3.06. The molecular formula is C23H29FN2O3S. The van der Waals surface area contributed by atoms with Crippen LogP contribution >= 0.6 is 0 Å². The highest BCUT2D eigenvalue weighted by Crippen LogP contribution is 2.24. The molecule has 1 amide bonds. The van der Waals surface area contributed by atoms with E-state index in [9.17, 15) is 17.6 Å². The molecule has 0 saturated carbocycles. The van der Waals surface area contributed by atoms with Crippen LogP contribution in [-0.4, -0.2) is 31.7 Å². The molecule has 2 aromatic carbocycles. The molecule has 0 radical (unpaired) electrons. The molecule has 0 aliphatic carbocycles. The molecule has 1 aliphatic rings. The molecule has 30 heavy (non-hydrogen) atoms. The predicted molar refractivity (Wildman–Crippen MR) is 116 cm³/mol. The Morgan fingerprint density at radius 1 is 1.13 bits per heavy atom. The van der Waals surface area contributed by atoms with Crippen molar-refractivity contribution in [3.05, 3.63) is 70.5 Å². The molecule has 1 heterocycles. The van der Waals surface area contributed by atoms with Gasteiger partial charge in [0.05, 0.1) is 11.8 Å². The Labute approximate surface area is 178 Å². The monoisotopic (exact) mass is 432 g/mol. The zero-order valence-corrected chi connectivity index (χ0v) is 18.5. The maximum absolute atomic E-state index is 13.8. The van der Waals surface area contributed by atoms with E-state index >= 15 is 0 Å². The molecule has 1 saturated heterocycles. The Morgan fingerprint density at radius 3 is 2.43 bits per heavy atom. The topological polar surface area (TPSA) is 66.5 Å². The number of halogens is 1. The quantitative estimate of drug-likeness (QED) is 0.754. The van der Waals surface area contributed by atoms with Gasteiger partial charge in [-0.3, -0.25) is 4.79 Å². The van der Waals surface area contributed by atoms with Crippen molar-refractivity contribution in [2.24, 2.45) is 5.92 Å². The number of nitrogens with one attached hydrogen (secondary N) is 1. The van der Waals surface area contributed by atoms with Crippen molar-refractivity contribution in [2.45, 2.75) is 45.4 Å². The molecule has 0 aromatic heterocycles. The van der Waals surface area contributed by atoms with Gasteiger partial charge in [-0.2, -0.15) is 0 Å². The number of amides is 1. The first-order chi connectivity index (χ1) is 14.2. The Hall–Kier alpha value is -2.25. The lowest BCUT2D eigenvalue weighted by molar-refractivity contribution is -0.126. The number of piperidine rings is 1. The summed E-state index contributed by atoms with van der Waals surface area (Å²) in [7, 11) is -3.62. The van der Waals surface area contributed by atoms with Crippen LogP contribution in [0.25, 0.3) is 0 Å². The number of rotatable bonds is 6. The number of carbonyl (C=O) groups is 1. The third kappa shape index (κ3) is 5.26. The lowest BCUT2D eigenvalue weighted by atomic mass is 9.96. The van der Waals surface area contributed by atoms with E-state index in [1.165, 1.54) is 33.6 Å². The van der Waals surface area contributed by atoms with Crippen LogP contribution in [0.3, 0.4) is 0 Å². The van der Waals surface area contributed by atoms with E-state index in [-0.39, 0.29) is 42.3 Å². The number of carbonyl (C=O) groups excluding carboxylic acids is 1. The minimum absolute atomic E-state index is 0.0492. The Morgan fingerprint density at radius 2 is 1.80 bits per heavy atom. The minimum atomic E-state index is -3.62. The number of benzene rings is 2. The zero-order valence-electron chi connectivity index (χ0n) is 17.7. The zero-order chi connectivity index (χ0) is 21.9. The standard InChI is InChI=1S/C23H29FN2O3S/c1-16-8-9-20(14-17(16)2)18(3)25-23(27)19-10-12-26(13-11-19)30(28,29)15-21-6-4-5-7-22(21)24/h4-9,14,18-19H,10-13,15H2,1-3H3,(H,25,27)/t18-/m0/s1. The maximum Gasteiger partial charge on any atom is 0.223 e. The fourth-order valence-corrected chi connectivity index (χ4v) is 5.32. The molecule has 0 unspecified atom stereocenters. The van der Waals surface area contributed by atoms with Crippen LogP contribution in [0, 0.1) is 25.6 Å². The van der Waals surface area contributed by atoms with Crippen LogP contribution in [0.15, 0.2) is 42.5 Å². The van der Waals surface area contributed by atoms with Crippen LogP contribution in [-0.2, 0) is 20.6 Å². The SMILES string of the molecule is Cc1ccc([C@H](C)NC(=O)C2CCN(S(=O)(=O)Cc3ccccc3F)CC2)cc1C. The van der Waals surface area contributed by atoms with Gasteiger partial charge in [-0.25, -0.2) is 17.1 Å². The van der Waals surface area contributed by atoms with Crippen molar-refractivity contribution in [2.75, 3.05) is 13.1 Å². The van der Waals surface area contributed by atoms with Gasteiger partial charge in [0, 0.05) is 24.6 Å². The highest BCUT2D eigenvalue weighted by molar-refractivity contribution is 7.88. The van der Waals surface area contributed by atoms with Crippen molar-refractivity contribution >= 4 is 15.9 Å². The Bertz CT molecular complexity index is 1010. The average Bonchev–Trinajstić information content (AvgIpc) is 2.71. The fraction of sp³-hybridized carbons (Fsp3) is 0.435. The second kappa shape index (κ2) is 9.27. The molecular weight excluding hydrogens is 403 g/mol. The summed E-state index contributed by atoms with van der Waals surface area (Å²) in [6.45, 7) is 6.59. The summed E-state index contributed by atoms with van der Waals surface area (Å²) >= 11 is 0. The largest absolute Gasteiger partial charge is 0.349 e. The highest BCUT2D eigenvalue weighted by atomic mass is 32.2. The molecule has 3 rings (SSSR count). The van der Waals surface area contributed by atoms with Crippen molar-refractivity contribution in [3.8, 4) is 0 Å². The first kappa shape index (κ1) is 22.4. The van der Waals surface area contributed by atoms with E-state index in [1.54, 1.807) is 6.07 Å². The first-order valence-corrected chi connectivity index (χ1v) is 11.9. The minimum Gasteiger partial charge on any atom is -0.349 e. The molecule has 1 atom stereocenters. The molecule has 1 fully saturated rings. The smallest absolute Gasteiger partial charge is 0.223 e. The van der Waals surface area contributed by atoms with E-state index in [0.717, 1.165) is 5.56 Å². The van der Waals surface area contributed by atoms with Gasteiger partial charge in [-0.1, -0.05) is 36.4 Å². The van der Waals surface area contributed by atoms with Gasteiger partial charge in [-0.15, -0.1) is 0 Å². The molecule has 162 valence electrons. The van der Waals surface area contributed by atoms with Crippen LogP contribution in [0.5, 0.6) is 0 Å². The third-order valence-corrected chi connectivity index (χ3v) is 7.73. The van der Waals surface area contributed by atoms with E-state index in [4.69, 9.17) is 0 Å². The van der Waals surface area contributed by atoms with Gasteiger partial charge in [0.2, 0.25) is 15.9 Å². The summed E-state index contributed by atoms with van der Waals surface area (Å²) in [5.74, 6) is -1.15. The van der Waals surface area contributed by atoms with Gasteiger partial charge in [0.25, 0.3) is 0 Å². The van der Waals surface area contributed by atoms with Crippen LogP contribution in [0.2, 0.25) is 0 Å². The lowest BCUT2D eigenvalue weighted by Gasteiger charge is -2.31. The summed E-state index contributed by atoms with van der Waals surface area (Å²) in [4.78, 5) is 12.7. The molecule has 5 nitrogen and oxygen atoms in total. The molecule has 7 heteroatoms. The molecule has 1 N–H and O–H groups in total. The average molecular weight is 433 g/mol. The second-order valence-corrected chi connectivity index (χ2v) is 10.1. The van der Waals surface area contributed by atoms with Gasteiger partial charge >= 0.3 is 0 Å². The van der Waals surface area contributed by atoms with Gasteiger partial charge in [0.15, 0.2) is 0 Å². The lowest BCUT2D eigenvalue weighted by Crippen LogP contribution is -2.43. The summed E-state index contributed by atoms with van der Waals surface area (Å²) in [6.07, 6.45) is 0.921. The van der Waals surface area contributed by atoms with Crippen molar-refractivity contribution in [1.29, 1.82) is 0 Å². The van der Waals surface area contributed by atoms with Crippen molar-refractivity contribution < 1.29 is 17.6 Å². The van der Waals surface area contributed by atoms with Gasteiger partial charge in [-0.05, 0) is 56.4 Å². The van der Waals surface area contributed by atoms with Crippen LogP contribution < -0.4 is 5.32 Å². The van der Waals surface area contributed by atoms with E-state index in [0.29, 0.717) is 12.8 Å². The summed E-state index contributed by atoms with van der Waals surface area (Å²) in [5.41, 5.74) is 3.61. The summed E-state index contributed by atoms with van der Waals surface area (Å²) in [6, 6.07) is 11.9. The summed E-state index contributed by atoms with van der Waals surface area (Å²) < 4.78 is 40.5. The second-order valence-electron chi connectivity index (χ2n) is 8.09. The molecule has 2 aromatic rings. The van der Waals surface area contributed by atoms with E-state index < -0.39 is 15.8 Å². The number of hydrogen-bond donors (Lipinski definition) is 1. The van der Waals surface area contributed by atoms with Gasteiger partial charge < -0.3 is 5.32 Å². The Kier molecular flexibility index (Phi) is 6.93. The van der Waals surface area contributed by atoms with Crippen molar-refractivity contribution in [1.82, 2.24) is 9.62 Å². The number of hydrogen-bond acceptors (Lipinski definition) is 3. The van der Waals surface area contributed by atoms with Gasteiger partial charge in [0.1, 0.15) is 5.82 Å². The maximum atomic E-state index is 13.8. The molecule has 0 spiro atoms. The highest BCUT2D eigenvalue weighted by Gasteiger charge is 2.32. The van der Waals surface area contributed by atoms with E-state index in [1.807, 2.05) is 26.0 Å². The molecule has 0 bridgehead atoms. The number of sulfonamides is 1. The van der Waals surface area contributed by atoms with E-state index in [2.05, 4.69) is 18.3 Å². The molecule has 1 aliphatic heterocycles. The first-order valence-electron chi connectivity index (χ1n) is 10.3. The Balaban J connectivity index is 1.56. The number of nitrogens with zero attached hydrogens (tertiary/aromatic N) is 1. The van der Waals surface area contributed by atoms with Crippen LogP contribution in [0.1, 0.15) is 48.1 Å². The van der Waals surface area contributed by atoms with Crippen LogP contribution in [0.4, 0.5) is 4.39 Å². The predicted octanol–water partition coefficient (Wildman–Crippen LogP) is 3.86.